The number of benzene rings is 11. The molecule has 0 saturated carbocycles. The van der Waals surface area contributed by atoms with Gasteiger partial charge in [-0.2, -0.15) is 0 Å². The normalized spacial score (nSPS) is 13.4. The minimum atomic E-state index is -0.442. The summed E-state index contributed by atoms with van der Waals surface area (Å²) in [6.07, 6.45) is 0. The Kier molecular flexibility index (Phi) is 9.73. The Labute approximate surface area is 438 Å². The van der Waals surface area contributed by atoms with E-state index in [4.69, 9.17) is 8.83 Å². The molecule has 0 fully saturated rings. The van der Waals surface area contributed by atoms with Crippen LogP contribution in [-0.4, -0.2) is 0 Å². The maximum absolute atomic E-state index is 6.77. The number of aryl methyl sites for hydroxylation is 2. The molecule has 4 nitrogen and oxygen atoms in total. The average molecular weight is 971 g/mol. The van der Waals surface area contributed by atoms with Crippen molar-refractivity contribution in [2.75, 3.05) is 9.80 Å². The Balaban J connectivity index is 1.02. The fourth-order valence-corrected chi connectivity index (χ4v) is 13.9. The van der Waals surface area contributed by atoms with Crippen LogP contribution in [0.5, 0.6) is 0 Å². The van der Waals surface area contributed by atoms with Crippen LogP contribution >= 0.6 is 0 Å². The molecule has 1 aliphatic carbocycles. The van der Waals surface area contributed by atoms with Gasteiger partial charge in [0.1, 0.15) is 11.2 Å². The molecule has 11 aromatic carbocycles. The van der Waals surface area contributed by atoms with Crippen LogP contribution in [0, 0.1) is 24.7 Å². The van der Waals surface area contributed by atoms with E-state index in [9.17, 15) is 0 Å². The van der Waals surface area contributed by atoms with Crippen molar-refractivity contribution in [1.82, 2.24) is 0 Å². The lowest BCUT2D eigenvalue weighted by molar-refractivity contribution is 0.0977. The molecule has 0 unspecified atom stereocenters. The van der Waals surface area contributed by atoms with Gasteiger partial charge in [0, 0.05) is 49.7 Å². The predicted octanol–water partition coefficient (Wildman–Crippen LogP) is 20.9. The van der Waals surface area contributed by atoms with E-state index in [0.717, 1.165) is 78.0 Å². The molecule has 0 N–H and O–H groups in total. The van der Waals surface area contributed by atoms with Crippen LogP contribution in [-0.2, 0) is 5.41 Å². The average Bonchev–Trinajstić information content (AvgIpc) is 4.30. The van der Waals surface area contributed by atoms with E-state index < -0.39 is 5.41 Å². The van der Waals surface area contributed by atoms with Crippen molar-refractivity contribution in [3.63, 3.8) is 0 Å². The largest absolute Gasteiger partial charge is 0.454 e. The molecule has 13 aromatic rings. The number of rotatable bonds is 6. The van der Waals surface area contributed by atoms with Crippen molar-refractivity contribution in [3.05, 3.63) is 229 Å². The Morgan fingerprint density at radius 3 is 1.33 bits per heavy atom. The quantitative estimate of drug-likeness (QED) is 0.155. The number of furan rings is 2. The van der Waals surface area contributed by atoms with Crippen LogP contribution < -0.4 is 9.80 Å². The van der Waals surface area contributed by atoms with Gasteiger partial charge < -0.3 is 18.6 Å². The Morgan fingerprint density at radius 2 is 0.800 bits per heavy atom. The van der Waals surface area contributed by atoms with E-state index in [1.54, 1.807) is 0 Å². The van der Waals surface area contributed by atoms with Gasteiger partial charge in [0.15, 0.2) is 11.2 Å². The van der Waals surface area contributed by atoms with Crippen molar-refractivity contribution in [3.8, 4) is 11.1 Å². The molecule has 1 aliphatic rings. The second-order valence-corrected chi connectivity index (χ2v) is 23.0. The lowest BCUT2D eigenvalue weighted by Crippen LogP contribution is -2.50. The highest BCUT2D eigenvalue weighted by molar-refractivity contribution is 6.21. The third kappa shape index (κ3) is 6.48. The highest BCUT2D eigenvalue weighted by atomic mass is 16.3. The number of hydrogen-bond acceptors (Lipinski definition) is 4. The van der Waals surface area contributed by atoms with Crippen LogP contribution in [0.2, 0.25) is 0 Å². The first-order chi connectivity index (χ1) is 36.3. The van der Waals surface area contributed by atoms with Crippen molar-refractivity contribution >= 4 is 110 Å². The van der Waals surface area contributed by atoms with E-state index >= 15 is 0 Å². The van der Waals surface area contributed by atoms with Crippen molar-refractivity contribution in [1.29, 1.82) is 0 Å². The van der Waals surface area contributed by atoms with Crippen LogP contribution in [0.4, 0.5) is 34.1 Å². The molecular formula is C71H58N2O2. The van der Waals surface area contributed by atoms with Gasteiger partial charge in [0.05, 0.1) is 11.4 Å². The van der Waals surface area contributed by atoms with E-state index in [1.165, 1.54) is 65.7 Å². The molecule has 0 radical (unpaired) electrons. The molecule has 0 saturated heterocycles. The molecule has 364 valence electrons. The van der Waals surface area contributed by atoms with Gasteiger partial charge in [-0.15, -0.1) is 0 Å². The number of anilines is 6. The summed E-state index contributed by atoms with van der Waals surface area (Å²) in [4.78, 5) is 4.76. The summed E-state index contributed by atoms with van der Waals surface area (Å²) in [7, 11) is 0. The summed E-state index contributed by atoms with van der Waals surface area (Å²) < 4.78 is 13.5. The van der Waals surface area contributed by atoms with Gasteiger partial charge in [-0.05, 0) is 152 Å². The van der Waals surface area contributed by atoms with Crippen molar-refractivity contribution in [2.24, 2.45) is 10.8 Å². The van der Waals surface area contributed by atoms with E-state index in [-0.39, 0.29) is 10.8 Å². The zero-order valence-electron chi connectivity index (χ0n) is 43.8. The predicted molar refractivity (Wildman–Crippen MR) is 317 cm³/mol. The summed E-state index contributed by atoms with van der Waals surface area (Å²) in [5.41, 5.74) is 16.8. The minimum absolute atomic E-state index is 0.234. The molecule has 0 spiro atoms. The highest BCUT2D eigenvalue weighted by Crippen LogP contribution is 2.68. The standard InChI is InChI=1S/C71H58N2O2/c1-43-27-32-46(33-28-43)72(60-23-15-21-56-52-18-11-13-25-62(52)74-67(56)60)48-36-39-50-45(41-48)31-38-58-64-54-20-10-9-17-51(54)59-42-49(37-40-55(59)66(64)71(65(50)58,69(3,4)5)70(6,7)8)73(47-34-29-44(2)30-35-47)61-24-16-22-57-53-19-12-14-26-63(53)75-68(57)61/h9-42H,1-8H3. The van der Waals surface area contributed by atoms with Crippen LogP contribution in [0.25, 0.3) is 87.3 Å². The summed E-state index contributed by atoms with van der Waals surface area (Å²) in [5, 5.41) is 12.0. The third-order valence-corrected chi connectivity index (χ3v) is 16.6. The van der Waals surface area contributed by atoms with Gasteiger partial charge >= 0.3 is 0 Å². The fourth-order valence-electron chi connectivity index (χ4n) is 13.9. The molecule has 0 bridgehead atoms. The Morgan fingerprint density at radius 1 is 0.347 bits per heavy atom. The second-order valence-electron chi connectivity index (χ2n) is 23.0. The topological polar surface area (TPSA) is 32.8 Å². The summed E-state index contributed by atoms with van der Waals surface area (Å²) in [6, 6.07) is 75.9. The fraction of sp³-hybridized carbons (Fsp3) is 0.155. The van der Waals surface area contributed by atoms with Crippen LogP contribution in [0.15, 0.2) is 215 Å². The first-order valence-electron chi connectivity index (χ1n) is 26.4. The maximum Gasteiger partial charge on any atom is 0.159 e. The van der Waals surface area contributed by atoms with Gasteiger partial charge in [0.25, 0.3) is 0 Å². The van der Waals surface area contributed by atoms with Gasteiger partial charge in [-0.1, -0.05) is 186 Å². The van der Waals surface area contributed by atoms with Crippen molar-refractivity contribution < 1.29 is 8.83 Å². The molecular weight excluding hydrogens is 913 g/mol. The highest BCUT2D eigenvalue weighted by Gasteiger charge is 2.59. The molecule has 2 aromatic heterocycles. The number of hydrogen-bond donors (Lipinski definition) is 0. The van der Waals surface area contributed by atoms with E-state index in [1.807, 2.05) is 12.1 Å². The van der Waals surface area contributed by atoms with Gasteiger partial charge in [-0.25, -0.2) is 0 Å². The SMILES string of the molecule is Cc1ccc(N(c2ccc3c4c(ccc3c2)-c2c(c3ccc(N(c5ccc(C)cc5)c5cccc6c5oc5ccccc56)cc3c3ccccc23)C4(C(C)(C)C)C(C)(C)C)c2cccc3c2oc2ccccc23)cc1. The first kappa shape index (κ1) is 45.0. The summed E-state index contributed by atoms with van der Waals surface area (Å²) >= 11 is 0. The molecule has 0 amide bonds. The zero-order chi connectivity index (χ0) is 51.1. The lowest BCUT2D eigenvalue weighted by Gasteiger charge is -2.54. The smallest absolute Gasteiger partial charge is 0.159 e. The summed E-state index contributed by atoms with van der Waals surface area (Å²) in [5.74, 6) is 0. The summed E-state index contributed by atoms with van der Waals surface area (Å²) in [6.45, 7) is 19.1. The van der Waals surface area contributed by atoms with E-state index in [0.29, 0.717) is 0 Å². The van der Waals surface area contributed by atoms with Crippen LogP contribution in [0.1, 0.15) is 63.8 Å². The van der Waals surface area contributed by atoms with Crippen LogP contribution in [0.3, 0.4) is 0 Å². The van der Waals surface area contributed by atoms with Gasteiger partial charge in [-0.3, -0.25) is 0 Å². The Bertz CT molecular complexity index is 4450. The number of fused-ring (bicyclic) bond motifs is 16. The minimum Gasteiger partial charge on any atom is -0.454 e. The monoisotopic (exact) mass is 970 g/mol. The maximum atomic E-state index is 6.77. The van der Waals surface area contributed by atoms with E-state index in [2.05, 4.69) is 259 Å². The van der Waals surface area contributed by atoms with Gasteiger partial charge in [0.2, 0.25) is 0 Å². The Hall–Kier alpha value is -8.60. The molecule has 0 atom stereocenters. The zero-order valence-corrected chi connectivity index (χ0v) is 43.8. The molecule has 0 aliphatic heterocycles. The molecule has 14 rings (SSSR count). The number of para-hydroxylation sites is 4. The second kappa shape index (κ2) is 16.2. The molecule has 4 heteroatoms. The number of nitrogens with zero attached hydrogens (tertiary/aromatic N) is 2. The van der Waals surface area contributed by atoms with Crippen molar-refractivity contribution in [2.45, 2.75) is 60.8 Å². The molecule has 75 heavy (non-hydrogen) atoms. The third-order valence-electron chi connectivity index (χ3n) is 16.6. The first-order valence-corrected chi connectivity index (χ1v) is 26.4. The lowest BCUT2D eigenvalue weighted by atomic mass is 9.49. The molecule has 2 heterocycles.